The predicted molar refractivity (Wildman–Crippen MR) is 62.1 cm³/mol. The molecule has 0 heterocycles. The molecule has 0 unspecified atom stereocenters. The Balaban J connectivity index is 2.98. The number of nitrogens with two attached hydrogens (primary N) is 1. The van der Waals surface area contributed by atoms with E-state index >= 15 is 0 Å². The van der Waals surface area contributed by atoms with Gasteiger partial charge in [0.2, 0.25) is 0 Å². The number of sulfone groups is 1. The van der Waals surface area contributed by atoms with Crippen LogP contribution in [0.3, 0.4) is 0 Å². The van der Waals surface area contributed by atoms with E-state index in [4.69, 9.17) is 5.73 Å². The van der Waals surface area contributed by atoms with Crippen molar-refractivity contribution in [3.8, 4) is 0 Å². The van der Waals surface area contributed by atoms with Gasteiger partial charge in [-0.1, -0.05) is 25.1 Å². The Morgan fingerprint density at radius 3 is 2.50 bits per heavy atom. The maximum Gasteiger partial charge on any atom is 0.154 e. The third-order valence-electron chi connectivity index (χ3n) is 2.27. The molecule has 90 valence electrons. The summed E-state index contributed by atoms with van der Waals surface area (Å²) in [5, 5.41) is 0. The van der Waals surface area contributed by atoms with Crippen LogP contribution in [0.4, 0.5) is 4.39 Å². The molecule has 0 saturated carbocycles. The zero-order valence-corrected chi connectivity index (χ0v) is 10.1. The first kappa shape index (κ1) is 13.1. The minimum Gasteiger partial charge on any atom is -0.326 e. The average Bonchev–Trinajstić information content (AvgIpc) is 2.21. The maximum atomic E-state index is 13.7. The lowest BCUT2D eigenvalue weighted by Gasteiger charge is -2.07. The molecule has 1 aromatic carbocycles. The van der Waals surface area contributed by atoms with Crippen molar-refractivity contribution in [2.45, 2.75) is 25.6 Å². The highest BCUT2D eigenvalue weighted by atomic mass is 32.2. The number of rotatable bonds is 5. The van der Waals surface area contributed by atoms with Crippen LogP contribution in [0.1, 0.15) is 24.5 Å². The fraction of sp³-hybridized carbons (Fsp3) is 0.455. The molecular weight excluding hydrogens is 229 g/mol. The molecule has 5 heteroatoms. The number of hydrogen-bond donors (Lipinski definition) is 1. The molecule has 3 nitrogen and oxygen atoms in total. The molecule has 16 heavy (non-hydrogen) atoms. The Hall–Kier alpha value is -0.940. The van der Waals surface area contributed by atoms with Crippen molar-refractivity contribution >= 4 is 9.84 Å². The molecule has 0 aliphatic rings. The van der Waals surface area contributed by atoms with Gasteiger partial charge in [-0.15, -0.1) is 0 Å². The quantitative estimate of drug-likeness (QED) is 0.857. The van der Waals surface area contributed by atoms with E-state index in [-0.39, 0.29) is 23.6 Å². The Bertz CT molecular complexity index is 457. The molecule has 0 fully saturated rings. The standard InChI is InChI=1S/C11H16FNO2S/c1-2-6-16(14,15)8-10-5-3-4-9(7-13)11(10)12/h3-5H,2,6-8,13H2,1H3. The average molecular weight is 245 g/mol. The van der Waals surface area contributed by atoms with Gasteiger partial charge in [0, 0.05) is 17.7 Å². The van der Waals surface area contributed by atoms with Crippen LogP contribution in [0, 0.1) is 5.82 Å². The van der Waals surface area contributed by atoms with Gasteiger partial charge in [-0.05, 0) is 6.42 Å². The fourth-order valence-corrected chi connectivity index (χ4v) is 2.99. The fourth-order valence-electron chi connectivity index (χ4n) is 1.52. The molecule has 0 aliphatic heterocycles. The van der Waals surface area contributed by atoms with E-state index in [1.165, 1.54) is 6.07 Å². The molecule has 2 N–H and O–H groups in total. The molecule has 0 saturated heterocycles. The third kappa shape index (κ3) is 3.28. The van der Waals surface area contributed by atoms with Gasteiger partial charge in [0.25, 0.3) is 0 Å². The van der Waals surface area contributed by atoms with Gasteiger partial charge in [0.05, 0.1) is 11.5 Å². The topological polar surface area (TPSA) is 60.2 Å². The van der Waals surface area contributed by atoms with Gasteiger partial charge >= 0.3 is 0 Å². The molecule has 0 radical (unpaired) electrons. The molecular formula is C11H16FNO2S. The Kier molecular flexibility index (Phi) is 4.44. The van der Waals surface area contributed by atoms with Gasteiger partial charge in [-0.2, -0.15) is 0 Å². The van der Waals surface area contributed by atoms with Crippen LogP contribution in [0.15, 0.2) is 18.2 Å². The zero-order valence-electron chi connectivity index (χ0n) is 9.24. The summed E-state index contributed by atoms with van der Waals surface area (Å²) >= 11 is 0. The van der Waals surface area contributed by atoms with Crippen LogP contribution in [0.2, 0.25) is 0 Å². The first-order chi connectivity index (χ1) is 7.50. The van der Waals surface area contributed by atoms with Gasteiger partial charge in [-0.3, -0.25) is 0 Å². The molecule has 0 aliphatic carbocycles. The predicted octanol–water partition coefficient (Wildman–Crippen LogP) is 1.61. The van der Waals surface area contributed by atoms with E-state index in [2.05, 4.69) is 0 Å². The minimum absolute atomic E-state index is 0.0769. The summed E-state index contributed by atoms with van der Waals surface area (Å²) in [7, 11) is -3.21. The number of hydrogen-bond acceptors (Lipinski definition) is 3. The van der Waals surface area contributed by atoms with Crippen LogP contribution in [-0.2, 0) is 22.1 Å². The summed E-state index contributed by atoms with van der Waals surface area (Å²) in [5.74, 6) is -0.663. The highest BCUT2D eigenvalue weighted by Crippen LogP contribution is 2.16. The summed E-state index contributed by atoms with van der Waals surface area (Å²) in [6, 6.07) is 4.68. The lowest BCUT2D eigenvalue weighted by Crippen LogP contribution is -2.11. The van der Waals surface area contributed by atoms with Crippen molar-refractivity contribution in [2.24, 2.45) is 5.73 Å². The van der Waals surface area contributed by atoms with E-state index in [1.54, 1.807) is 19.1 Å². The van der Waals surface area contributed by atoms with E-state index < -0.39 is 15.7 Å². The normalized spacial score (nSPS) is 11.7. The molecule has 0 amide bonds. The van der Waals surface area contributed by atoms with Gasteiger partial charge in [0.15, 0.2) is 9.84 Å². The highest BCUT2D eigenvalue weighted by Gasteiger charge is 2.15. The van der Waals surface area contributed by atoms with Crippen molar-refractivity contribution in [2.75, 3.05) is 5.75 Å². The lowest BCUT2D eigenvalue weighted by molar-refractivity contribution is 0.581. The second-order valence-corrected chi connectivity index (χ2v) is 5.87. The maximum absolute atomic E-state index is 13.7. The third-order valence-corrected chi connectivity index (χ3v) is 4.05. The van der Waals surface area contributed by atoms with Crippen LogP contribution in [-0.4, -0.2) is 14.2 Å². The van der Waals surface area contributed by atoms with Crippen LogP contribution >= 0.6 is 0 Å². The van der Waals surface area contributed by atoms with E-state index in [0.29, 0.717) is 12.0 Å². The Morgan fingerprint density at radius 2 is 1.94 bits per heavy atom. The van der Waals surface area contributed by atoms with Crippen molar-refractivity contribution in [1.82, 2.24) is 0 Å². The van der Waals surface area contributed by atoms with Crippen molar-refractivity contribution in [3.63, 3.8) is 0 Å². The Labute approximate surface area is 95.4 Å². The lowest BCUT2D eigenvalue weighted by atomic mass is 10.1. The van der Waals surface area contributed by atoms with Gasteiger partial charge in [-0.25, -0.2) is 12.8 Å². The summed E-state index contributed by atoms with van der Waals surface area (Å²) in [5.41, 5.74) is 5.91. The van der Waals surface area contributed by atoms with Crippen molar-refractivity contribution in [1.29, 1.82) is 0 Å². The van der Waals surface area contributed by atoms with Gasteiger partial charge < -0.3 is 5.73 Å². The number of benzene rings is 1. The molecule has 0 aromatic heterocycles. The van der Waals surface area contributed by atoms with Crippen molar-refractivity contribution < 1.29 is 12.8 Å². The van der Waals surface area contributed by atoms with Crippen molar-refractivity contribution in [3.05, 3.63) is 35.1 Å². The first-order valence-electron chi connectivity index (χ1n) is 5.17. The van der Waals surface area contributed by atoms with Crippen LogP contribution in [0.25, 0.3) is 0 Å². The molecule has 1 rings (SSSR count). The zero-order chi connectivity index (χ0) is 12.2. The largest absolute Gasteiger partial charge is 0.326 e. The van der Waals surface area contributed by atoms with Crippen LogP contribution < -0.4 is 5.73 Å². The second kappa shape index (κ2) is 5.41. The van der Waals surface area contributed by atoms with E-state index in [9.17, 15) is 12.8 Å². The minimum atomic E-state index is -3.21. The SMILES string of the molecule is CCCS(=O)(=O)Cc1cccc(CN)c1F. The summed E-state index contributed by atoms with van der Waals surface area (Å²) in [6.45, 7) is 1.86. The molecule has 0 atom stereocenters. The summed E-state index contributed by atoms with van der Waals surface area (Å²) in [4.78, 5) is 0. The summed E-state index contributed by atoms with van der Waals surface area (Å²) in [6.07, 6.45) is 0.542. The molecule has 0 bridgehead atoms. The van der Waals surface area contributed by atoms with Crippen LogP contribution in [0.5, 0.6) is 0 Å². The Morgan fingerprint density at radius 1 is 1.31 bits per heavy atom. The van der Waals surface area contributed by atoms with E-state index in [1.807, 2.05) is 0 Å². The molecule has 1 aromatic rings. The monoisotopic (exact) mass is 245 g/mol. The smallest absolute Gasteiger partial charge is 0.154 e. The second-order valence-electron chi connectivity index (χ2n) is 3.69. The highest BCUT2D eigenvalue weighted by molar-refractivity contribution is 7.90. The van der Waals surface area contributed by atoms with Gasteiger partial charge in [0.1, 0.15) is 5.82 Å². The summed E-state index contributed by atoms with van der Waals surface area (Å²) < 4.78 is 36.8. The van der Waals surface area contributed by atoms with E-state index in [0.717, 1.165) is 0 Å². The first-order valence-corrected chi connectivity index (χ1v) is 6.99. The number of halogens is 1. The molecule has 0 spiro atoms.